The molecule has 1 saturated heterocycles. The highest BCUT2D eigenvalue weighted by Crippen LogP contribution is 2.14. The molecule has 1 aromatic rings. The fourth-order valence-corrected chi connectivity index (χ4v) is 2.57. The number of carbonyl (C=O) groups is 1. The Balaban J connectivity index is 1.69. The molecule has 0 unspecified atom stereocenters. The summed E-state index contributed by atoms with van der Waals surface area (Å²) in [6.07, 6.45) is 1.02. The smallest absolute Gasteiger partial charge is 0.251 e. The lowest BCUT2D eigenvalue weighted by Crippen LogP contribution is -3.14. The lowest BCUT2D eigenvalue weighted by atomic mass is 10.0. The van der Waals surface area contributed by atoms with Crippen LogP contribution in [-0.4, -0.2) is 45.3 Å². The van der Waals surface area contributed by atoms with Gasteiger partial charge >= 0.3 is 0 Å². The van der Waals surface area contributed by atoms with Crippen LogP contribution in [0.25, 0.3) is 0 Å². The highest BCUT2D eigenvalue weighted by molar-refractivity contribution is 5.94. The van der Waals surface area contributed by atoms with E-state index < -0.39 is 0 Å². The van der Waals surface area contributed by atoms with Crippen molar-refractivity contribution in [2.75, 3.05) is 39.4 Å². The molecule has 2 N–H and O–H groups in total. The molecule has 0 aliphatic carbocycles. The molecule has 4 nitrogen and oxygen atoms in total. The van der Waals surface area contributed by atoms with Crippen molar-refractivity contribution in [3.05, 3.63) is 35.4 Å². The number of morpholine rings is 1. The summed E-state index contributed by atoms with van der Waals surface area (Å²) < 4.78 is 5.34. The molecular formula is C17H27N2O2+. The number of benzene rings is 1. The molecule has 1 aromatic carbocycles. The van der Waals surface area contributed by atoms with E-state index in [9.17, 15) is 4.79 Å². The van der Waals surface area contributed by atoms with Gasteiger partial charge in [-0.05, 0) is 23.6 Å². The van der Waals surface area contributed by atoms with Crippen LogP contribution in [0.3, 0.4) is 0 Å². The quantitative estimate of drug-likeness (QED) is 0.763. The molecule has 1 amide bonds. The Morgan fingerprint density at radius 2 is 1.90 bits per heavy atom. The van der Waals surface area contributed by atoms with Gasteiger partial charge < -0.3 is 15.0 Å². The topological polar surface area (TPSA) is 42.8 Å². The minimum atomic E-state index is 0.0299. The molecule has 0 radical (unpaired) electrons. The first kappa shape index (κ1) is 16.0. The van der Waals surface area contributed by atoms with E-state index in [1.165, 1.54) is 5.56 Å². The van der Waals surface area contributed by atoms with Crippen LogP contribution in [0.1, 0.15) is 42.1 Å². The van der Waals surface area contributed by atoms with Crippen molar-refractivity contribution < 1.29 is 14.4 Å². The minimum absolute atomic E-state index is 0.0299. The molecule has 2 rings (SSSR count). The normalized spacial score (nSPS) is 16.1. The first-order valence-electron chi connectivity index (χ1n) is 7.96. The highest BCUT2D eigenvalue weighted by Gasteiger charge is 2.13. The molecule has 0 spiro atoms. The van der Waals surface area contributed by atoms with E-state index in [0.29, 0.717) is 5.92 Å². The number of hydrogen-bond acceptors (Lipinski definition) is 2. The summed E-state index contributed by atoms with van der Waals surface area (Å²) in [5.41, 5.74) is 2.01. The van der Waals surface area contributed by atoms with Crippen molar-refractivity contribution in [3.63, 3.8) is 0 Å². The van der Waals surface area contributed by atoms with Gasteiger partial charge in [0.15, 0.2) is 0 Å². The van der Waals surface area contributed by atoms with Crippen LogP contribution < -0.4 is 10.2 Å². The maximum Gasteiger partial charge on any atom is 0.251 e. The number of hydrogen-bond donors (Lipinski definition) is 2. The Morgan fingerprint density at radius 3 is 2.52 bits per heavy atom. The standard InChI is InChI=1S/C17H26N2O2/c1-14(2)15-4-6-16(7-5-15)17(20)18-8-3-9-19-10-12-21-13-11-19/h4-7,14H,3,8-13H2,1-2H3,(H,18,20)/p+1. The molecule has 0 atom stereocenters. The van der Waals surface area contributed by atoms with Gasteiger partial charge in [-0.2, -0.15) is 0 Å². The Labute approximate surface area is 127 Å². The lowest BCUT2D eigenvalue weighted by Gasteiger charge is -2.23. The van der Waals surface area contributed by atoms with Gasteiger partial charge in [-0.1, -0.05) is 26.0 Å². The number of rotatable bonds is 6. The first-order chi connectivity index (χ1) is 10.2. The van der Waals surface area contributed by atoms with E-state index in [1.54, 1.807) is 4.90 Å². The van der Waals surface area contributed by atoms with Crippen molar-refractivity contribution in [2.45, 2.75) is 26.2 Å². The molecular weight excluding hydrogens is 264 g/mol. The van der Waals surface area contributed by atoms with E-state index in [4.69, 9.17) is 4.74 Å². The van der Waals surface area contributed by atoms with Gasteiger partial charge in [0, 0.05) is 18.5 Å². The first-order valence-corrected chi connectivity index (χ1v) is 7.96. The second-order valence-corrected chi connectivity index (χ2v) is 6.00. The largest absolute Gasteiger partial charge is 0.370 e. The molecule has 116 valence electrons. The van der Waals surface area contributed by atoms with Gasteiger partial charge in [0.1, 0.15) is 13.1 Å². The summed E-state index contributed by atoms with van der Waals surface area (Å²) in [6, 6.07) is 7.91. The number of carbonyl (C=O) groups excluding carboxylic acids is 1. The van der Waals surface area contributed by atoms with Crippen LogP contribution >= 0.6 is 0 Å². The summed E-state index contributed by atoms with van der Waals surface area (Å²) >= 11 is 0. The van der Waals surface area contributed by atoms with Crippen LogP contribution in [0, 0.1) is 0 Å². The van der Waals surface area contributed by atoms with Crippen LogP contribution in [-0.2, 0) is 4.74 Å². The maximum absolute atomic E-state index is 12.0. The highest BCUT2D eigenvalue weighted by atomic mass is 16.5. The fourth-order valence-electron chi connectivity index (χ4n) is 2.57. The molecule has 1 heterocycles. The van der Waals surface area contributed by atoms with E-state index >= 15 is 0 Å². The summed E-state index contributed by atoms with van der Waals surface area (Å²) in [7, 11) is 0. The number of ether oxygens (including phenoxy) is 1. The Bertz CT molecular complexity index is 437. The zero-order valence-corrected chi connectivity index (χ0v) is 13.2. The molecule has 0 saturated carbocycles. The van der Waals surface area contributed by atoms with Crippen LogP contribution in [0.15, 0.2) is 24.3 Å². The zero-order chi connectivity index (χ0) is 15.1. The predicted molar refractivity (Wildman–Crippen MR) is 83.9 cm³/mol. The van der Waals surface area contributed by atoms with Gasteiger partial charge in [0.25, 0.3) is 5.91 Å². The van der Waals surface area contributed by atoms with E-state index in [0.717, 1.165) is 51.4 Å². The number of quaternary nitrogens is 1. The zero-order valence-electron chi connectivity index (χ0n) is 13.2. The predicted octanol–water partition coefficient (Wildman–Crippen LogP) is 0.845. The average molecular weight is 291 g/mol. The van der Waals surface area contributed by atoms with Crippen molar-refractivity contribution >= 4 is 5.91 Å². The molecule has 21 heavy (non-hydrogen) atoms. The van der Waals surface area contributed by atoms with Crippen molar-refractivity contribution in [2.24, 2.45) is 0 Å². The molecule has 0 aromatic heterocycles. The second kappa shape index (κ2) is 8.15. The molecule has 1 aliphatic rings. The third-order valence-electron chi connectivity index (χ3n) is 4.03. The SMILES string of the molecule is CC(C)c1ccc(C(=O)NCCC[NH+]2CCOCC2)cc1. The summed E-state index contributed by atoms with van der Waals surface area (Å²) in [5, 5.41) is 3.00. The Hall–Kier alpha value is -1.39. The van der Waals surface area contributed by atoms with Crippen LogP contribution in [0.4, 0.5) is 0 Å². The van der Waals surface area contributed by atoms with Crippen molar-refractivity contribution in [1.29, 1.82) is 0 Å². The summed E-state index contributed by atoms with van der Waals surface area (Å²) in [5.74, 6) is 0.529. The van der Waals surface area contributed by atoms with E-state index in [-0.39, 0.29) is 5.91 Å². The average Bonchev–Trinajstić information content (AvgIpc) is 2.52. The molecule has 4 heteroatoms. The van der Waals surface area contributed by atoms with Gasteiger partial charge in [-0.15, -0.1) is 0 Å². The van der Waals surface area contributed by atoms with E-state index in [2.05, 4.69) is 19.2 Å². The monoisotopic (exact) mass is 291 g/mol. The molecule has 1 aliphatic heterocycles. The van der Waals surface area contributed by atoms with Gasteiger partial charge in [0.2, 0.25) is 0 Å². The van der Waals surface area contributed by atoms with Gasteiger partial charge in [-0.3, -0.25) is 4.79 Å². The Morgan fingerprint density at radius 1 is 1.24 bits per heavy atom. The van der Waals surface area contributed by atoms with Crippen molar-refractivity contribution in [3.8, 4) is 0 Å². The van der Waals surface area contributed by atoms with E-state index in [1.807, 2.05) is 24.3 Å². The lowest BCUT2D eigenvalue weighted by molar-refractivity contribution is -0.908. The summed E-state index contributed by atoms with van der Waals surface area (Å²) in [6.45, 7) is 10.1. The maximum atomic E-state index is 12.0. The number of nitrogens with one attached hydrogen (secondary N) is 2. The summed E-state index contributed by atoms with van der Waals surface area (Å²) in [4.78, 5) is 13.6. The minimum Gasteiger partial charge on any atom is -0.370 e. The fraction of sp³-hybridized carbons (Fsp3) is 0.588. The third kappa shape index (κ3) is 5.14. The second-order valence-electron chi connectivity index (χ2n) is 6.00. The van der Waals surface area contributed by atoms with Crippen LogP contribution in [0.5, 0.6) is 0 Å². The third-order valence-corrected chi connectivity index (χ3v) is 4.03. The number of amides is 1. The molecule has 0 bridgehead atoms. The molecule has 1 fully saturated rings. The van der Waals surface area contributed by atoms with Crippen LogP contribution in [0.2, 0.25) is 0 Å². The van der Waals surface area contributed by atoms with Gasteiger partial charge in [0.05, 0.1) is 19.8 Å². The Kier molecular flexibility index (Phi) is 6.21. The van der Waals surface area contributed by atoms with Crippen molar-refractivity contribution in [1.82, 2.24) is 5.32 Å². The van der Waals surface area contributed by atoms with Gasteiger partial charge in [-0.25, -0.2) is 0 Å².